The number of nitrogens with zero attached hydrogens (tertiary/aromatic N) is 3. The summed E-state index contributed by atoms with van der Waals surface area (Å²) in [5.74, 6) is 0.0124. The molecule has 0 spiro atoms. The van der Waals surface area contributed by atoms with E-state index in [0.717, 1.165) is 25.9 Å². The quantitative estimate of drug-likeness (QED) is 0.753. The Bertz CT molecular complexity index is 911. The predicted octanol–water partition coefficient (Wildman–Crippen LogP) is 4.03. The second-order valence-corrected chi connectivity index (χ2v) is 8.03. The van der Waals surface area contributed by atoms with Gasteiger partial charge in [-0.3, -0.25) is 9.59 Å². The van der Waals surface area contributed by atoms with Gasteiger partial charge in [-0.15, -0.1) is 0 Å². The van der Waals surface area contributed by atoms with Gasteiger partial charge in [-0.05, 0) is 44.7 Å². The second kappa shape index (κ2) is 8.14. The maximum absolute atomic E-state index is 14.1. The first-order chi connectivity index (χ1) is 14.0. The van der Waals surface area contributed by atoms with Crippen LogP contribution in [0.1, 0.15) is 64.1 Å². The molecule has 2 saturated heterocycles. The largest absolute Gasteiger partial charge is 0.445 e. The molecule has 2 amide bonds. The first-order valence-corrected chi connectivity index (χ1v) is 10.3. The van der Waals surface area contributed by atoms with Gasteiger partial charge in [0.1, 0.15) is 11.6 Å². The van der Waals surface area contributed by atoms with E-state index < -0.39 is 11.7 Å². The lowest BCUT2D eigenvalue weighted by Gasteiger charge is -2.31. The van der Waals surface area contributed by atoms with Crippen LogP contribution >= 0.6 is 11.6 Å². The molecule has 6 nitrogen and oxygen atoms in total. The fourth-order valence-corrected chi connectivity index (χ4v) is 4.29. The molecule has 29 heavy (non-hydrogen) atoms. The van der Waals surface area contributed by atoms with Crippen molar-refractivity contribution in [3.63, 3.8) is 0 Å². The fourth-order valence-electron chi connectivity index (χ4n) is 4.05. The lowest BCUT2D eigenvalue weighted by atomic mass is 9.96. The zero-order chi connectivity index (χ0) is 20.5. The third-order valence-corrected chi connectivity index (χ3v) is 6.03. The molecular weight excluding hydrogens is 397 g/mol. The third-order valence-electron chi connectivity index (χ3n) is 5.72. The van der Waals surface area contributed by atoms with Gasteiger partial charge >= 0.3 is 0 Å². The molecule has 2 aromatic rings. The van der Waals surface area contributed by atoms with Gasteiger partial charge in [0, 0.05) is 32.1 Å². The standard InChI is InChI=1S/C21H23ClFN3O3/c1-13-18(21(28)25-9-2-3-10-25)24-19(29-13)14-7-11-26(12-8-14)20(27)17-15(22)5-4-6-16(17)23/h4-6,14H,2-3,7-12H2,1H3. The van der Waals surface area contributed by atoms with Crippen LogP contribution in [0.2, 0.25) is 5.02 Å². The molecule has 0 aliphatic carbocycles. The van der Waals surface area contributed by atoms with Crippen LogP contribution in [0.5, 0.6) is 0 Å². The van der Waals surface area contributed by atoms with Crippen LogP contribution in [0.3, 0.4) is 0 Å². The Hall–Kier alpha value is -2.41. The van der Waals surface area contributed by atoms with Gasteiger partial charge in [0.25, 0.3) is 11.8 Å². The normalized spacial score (nSPS) is 17.8. The number of amides is 2. The van der Waals surface area contributed by atoms with Crippen molar-refractivity contribution >= 4 is 23.4 Å². The molecule has 1 aromatic heterocycles. The lowest BCUT2D eigenvalue weighted by molar-refractivity contribution is 0.0701. The summed E-state index contributed by atoms with van der Waals surface area (Å²) in [5.41, 5.74) is 0.302. The number of aryl methyl sites for hydroxylation is 1. The molecule has 3 heterocycles. The average Bonchev–Trinajstić information content (AvgIpc) is 3.37. The molecular formula is C21H23ClFN3O3. The van der Waals surface area contributed by atoms with Crippen molar-refractivity contribution in [2.45, 2.75) is 38.5 Å². The van der Waals surface area contributed by atoms with Crippen molar-refractivity contribution in [3.8, 4) is 0 Å². The minimum absolute atomic E-state index is 0.0222. The van der Waals surface area contributed by atoms with Crippen LogP contribution in [0.4, 0.5) is 4.39 Å². The first kappa shape index (κ1) is 19.9. The monoisotopic (exact) mass is 419 g/mol. The SMILES string of the molecule is Cc1oc(C2CCN(C(=O)c3c(F)cccc3Cl)CC2)nc1C(=O)N1CCCC1. The Morgan fingerprint density at radius 3 is 2.41 bits per heavy atom. The third kappa shape index (κ3) is 3.88. The van der Waals surface area contributed by atoms with Gasteiger partial charge in [-0.25, -0.2) is 9.37 Å². The van der Waals surface area contributed by atoms with Crippen LogP contribution in [-0.4, -0.2) is 52.8 Å². The summed E-state index contributed by atoms with van der Waals surface area (Å²) >= 11 is 6.02. The number of oxazole rings is 1. The van der Waals surface area contributed by atoms with Crippen LogP contribution in [-0.2, 0) is 0 Å². The molecule has 0 atom stereocenters. The van der Waals surface area contributed by atoms with Crippen molar-refractivity contribution in [1.29, 1.82) is 0 Å². The summed E-state index contributed by atoms with van der Waals surface area (Å²) in [6, 6.07) is 4.23. The van der Waals surface area contributed by atoms with Crippen LogP contribution in [0.25, 0.3) is 0 Å². The van der Waals surface area contributed by atoms with E-state index in [1.165, 1.54) is 18.2 Å². The molecule has 2 fully saturated rings. The number of carbonyl (C=O) groups excluding carboxylic acids is 2. The topological polar surface area (TPSA) is 66.7 Å². The average molecular weight is 420 g/mol. The zero-order valence-electron chi connectivity index (χ0n) is 16.3. The zero-order valence-corrected chi connectivity index (χ0v) is 17.0. The maximum Gasteiger partial charge on any atom is 0.276 e. The van der Waals surface area contributed by atoms with Gasteiger partial charge in [-0.2, -0.15) is 0 Å². The summed E-state index contributed by atoms with van der Waals surface area (Å²) in [6.07, 6.45) is 3.31. The summed E-state index contributed by atoms with van der Waals surface area (Å²) in [4.78, 5) is 33.2. The molecule has 0 unspecified atom stereocenters. The number of carbonyl (C=O) groups is 2. The van der Waals surface area contributed by atoms with E-state index in [1.807, 2.05) is 4.90 Å². The number of benzene rings is 1. The number of hydrogen-bond acceptors (Lipinski definition) is 4. The summed E-state index contributed by atoms with van der Waals surface area (Å²) in [7, 11) is 0. The molecule has 0 N–H and O–H groups in total. The van der Waals surface area contributed by atoms with E-state index in [0.29, 0.717) is 43.3 Å². The lowest BCUT2D eigenvalue weighted by Crippen LogP contribution is -2.38. The van der Waals surface area contributed by atoms with Crippen LogP contribution in [0.15, 0.2) is 22.6 Å². The number of likely N-dealkylation sites (tertiary alicyclic amines) is 2. The van der Waals surface area contributed by atoms with Gasteiger partial charge in [0.15, 0.2) is 11.6 Å². The van der Waals surface area contributed by atoms with Crippen LogP contribution < -0.4 is 0 Å². The molecule has 0 bridgehead atoms. The number of hydrogen-bond donors (Lipinski definition) is 0. The van der Waals surface area contributed by atoms with Crippen molar-refractivity contribution in [1.82, 2.24) is 14.8 Å². The van der Waals surface area contributed by atoms with Gasteiger partial charge in [-0.1, -0.05) is 17.7 Å². The number of halogens is 2. The molecule has 2 aliphatic heterocycles. The van der Waals surface area contributed by atoms with E-state index in [4.69, 9.17) is 16.0 Å². The summed E-state index contributed by atoms with van der Waals surface area (Å²) < 4.78 is 19.9. The smallest absolute Gasteiger partial charge is 0.276 e. The molecule has 154 valence electrons. The van der Waals surface area contributed by atoms with Crippen molar-refractivity contribution in [2.24, 2.45) is 0 Å². The highest BCUT2D eigenvalue weighted by Gasteiger charge is 2.32. The van der Waals surface area contributed by atoms with Crippen molar-refractivity contribution < 1.29 is 18.4 Å². The Labute approximate surface area is 173 Å². The predicted molar refractivity (Wildman–Crippen MR) is 106 cm³/mol. The van der Waals surface area contributed by atoms with E-state index in [-0.39, 0.29) is 22.4 Å². The summed E-state index contributed by atoms with van der Waals surface area (Å²) in [5, 5.41) is 0.116. The van der Waals surface area contributed by atoms with E-state index >= 15 is 0 Å². The second-order valence-electron chi connectivity index (χ2n) is 7.62. The highest BCUT2D eigenvalue weighted by Crippen LogP contribution is 2.31. The minimum atomic E-state index is -0.613. The Morgan fingerprint density at radius 1 is 1.10 bits per heavy atom. The molecule has 0 saturated carbocycles. The molecule has 0 radical (unpaired) electrons. The summed E-state index contributed by atoms with van der Waals surface area (Å²) in [6.45, 7) is 4.19. The highest BCUT2D eigenvalue weighted by molar-refractivity contribution is 6.33. The molecule has 8 heteroatoms. The highest BCUT2D eigenvalue weighted by atomic mass is 35.5. The van der Waals surface area contributed by atoms with Gasteiger partial charge in [0.05, 0.1) is 10.6 Å². The number of aromatic nitrogens is 1. The van der Waals surface area contributed by atoms with E-state index in [2.05, 4.69) is 4.98 Å². The first-order valence-electron chi connectivity index (χ1n) is 9.95. The van der Waals surface area contributed by atoms with Crippen molar-refractivity contribution in [3.05, 3.63) is 51.9 Å². The Balaban J connectivity index is 1.43. The Kier molecular flexibility index (Phi) is 5.58. The van der Waals surface area contributed by atoms with E-state index in [9.17, 15) is 14.0 Å². The maximum atomic E-state index is 14.1. The molecule has 1 aromatic carbocycles. The minimum Gasteiger partial charge on any atom is -0.445 e. The molecule has 2 aliphatic rings. The molecule has 4 rings (SSSR count). The van der Waals surface area contributed by atoms with Gasteiger partial charge in [0.2, 0.25) is 0 Å². The number of piperidine rings is 1. The van der Waals surface area contributed by atoms with Gasteiger partial charge < -0.3 is 14.2 Å². The Morgan fingerprint density at radius 2 is 1.76 bits per heavy atom. The fraction of sp³-hybridized carbons (Fsp3) is 0.476. The number of rotatable bonds is 3. The van der Waals surface area contributed by atoms with Crippen molar-refractivity contribution in [2.75, 3.05) is 26.2 Å². The van der Waals surface area contributed by atoms with E-state index in [1.54, 1.807) is 11.8 Å². The van der Waals surface area contributed by atoms with Crippen LogP contribution in [0, 0.1) is 12.7 Å².